The van der Waals surface area contributed by atoms with Crippen LogP contribution in [0.5, 0.6) is 11.5 Å². The molecule has 2 amide bonds. The van der Waals surface area contributed by atoms with Crippen LogP contribution in [-0.2, 0) is 25.5 Å². The van der Waals surface area contributed by atoms with Crippen molar-refractivity contribution in [2.45, 2.75) is 30.0 Å². The Kier molecular flexibility index (Phi) is 8.11. The van der Waals surface area contributed by atoms with Gasteiger partial charge in [0.25, 0.3) is 0 Å². The number of amides is 2. The molecule has 8 nitrogen and oxygen atoms in total. The van der Waals surface area contributed by atoms with E-state index in [0.29, 0.717) is 22.8 Å². The number of rotatable bonds is 9. The van der Waals surface area contributed by atoms with E-state index in [0.717, 1.165) is 16.7 Å². The quantitative estimate of drug-likeness (QED) is 0.242. The van der Waals surface area contributed by atoms with Crippen molar-refractivity contribution in [2.75, 3.05) is 20.0 Å². The Bertz CT molecular complexity index is 1350. The summed E-state index contributed by atoms with van der Waals surface area (Å²) in [4.78, 5) is 41.1. The summed E-state index contributed by atoms with van der Waals surface area (Å²) in [6.45, 7) is 4.07. The molecule has 9 heteroatoms. The molecule has 0 radical (unpaired) electrons. The van der Waals surface area contributed by atoms with E-state index in [9.17, 15) is 14.4 Å². The number of methoxy groups -OCH3 is 2. The summed E-state index contributed by atoms with van der Waals surface area (Å²) >= 11 is 1.48. The lowest BCUT2D eigenvalue weighted by Crippen LogP contribution is -2.74. The van der Waals surface area contributed by atoms with Crippen LogP contribution in [0.4, 0.5) is 0 Å². The fraction of sp³-hybridized carbons (Fsp3) is 0.258. The van der Waals surface area contributed by atoms with Crippen molar-refractivity contribution >= 4 is 29.5 Å². The Morgan fingerprint density at radius 2 is 1.52 bits per heavy atom. The van der Waals surface area contributed by atoms with Crippen LogP contribution in [0.25, 0.3) is 0 Å². The topological polar surface area (TPSA) is 94.2 Å². The molecule has 0 aromatic heterocycles. The van der Waals surface area contributed by atoms with Crippen LogP contribution in [-0.4, -0.2) is 60.1 Å². The molecule has 40 heavy (non-hydrogen) atoms. The van der Waals surface area contributed by atoms with Gasteiger partial charge in [0.15, 0.2) is 12.1 Å². The summed E-state index contributed by atoms with van der Waals surface area (Å²) in [6, 6.07) is 22.2. The summed E-state index contributed by atoms with van der Waals surface area (Å²) in [6.07, 6.45) is -0.561. The maximum atomic E-state index is 13.7. The van der Waals surface area contributed by atoms with Gasteiger partial charge >= 0.3 is 5.97 Å². The molecule has 206 valence electrons. The van der Waals surface area contributed by atoms with Crippen LogP contribution >= 0.6 is 11.8 Å². The third-order valence-corrected chi connectivity index (χ3v) is 8.38. The van der Waals surface area contributed by atoms with Crippen molar-refractivity contribution in [1.29, 1.82) is 0 Å². The maximum Gasteiger partial charge on any atom is 0.334 e. The van der Waals surface area contributed by atoms with Crippen LogP contribution in [0.2, 0.25) is 0 Å². The van der Waals surface area contributed by atoms with Gasteiger partial charge in [0.05, 0.1) is 20.6 Å². The third kappa shape index (κ3) is 5.56. The van der Waals surface area contributed by atoms with Crippen LogP contribution in [0.15, 0.2) is 91.0 Å². The minimum absolute atomic E-state index is 0.172. The molecule has 2 fully saturated rings. The average Bonchev–Trinajstić information content (AvgIpc) is 2.99. The van der Waals surface area contributed by atoms with E-state index in [-0.39, 0.29) is 23.6 Å². The molecule has 0 unspecified atom stereocenters. The summed E-state index contributed by atoms with van der Waals surface area (Å²) in [5.41, 5.74) is 2.93. The number of hydrogen-bond donors (Lipinski definition) is 1. The number of benzene rings is 3. The van der Waals surface area contributed by atoms with Gasteiger partial charge in [-0.05, 0) is 46.5 Å². The number of nitrogens with zero attached hydrogens (tertiary/aromatic N) is 1. The molecule has 2 saturated heterocycles. The zero-order valence-electron chi connectivity index (χ0n) is 22.2. The molecule has 0 aliphatic carbocycles. The first-order chi connectivity index (χ1) is 19.4. The number of esters is 1. The highest BCUT2D eigenvalue weighted by Crippen LogP contribution is 2.41. The largest absolute Gasteiger partial charge is 0.497 e. The smallest absolute Gasteiger partial charge is 0.334 e. The van der Waals surface area contributed by atoms with E-state index in [4.69, 9.17) is 14.2 Å². The molecule has 5 rings (SSSR count). The van der Waals surface area contributed by atoms with Gasteiger partial charge in [0.2, 0.25) is 11.8 Å². The number of carbonyl (C=O) groups is 3. The molecule has 2 aliphatic rings. The molecule has 2 aliphatic heterocycles. The van der Waals surface area contributed by atoms with Crippen molar-refractivity contribution in [3.8, 4) is 11.5 Å². The summed E-state index contributed by atoms with van der Waals surface area (Å²) < 4.78 is 16.7. The second-order valence-electron chi connectivity index (χ2n) is 9.58. The third-order valence-electron chi connectivity index (χ3n) is 7.00. The second kappa shape index (κ2) is 11.9. The molecular weight excluding hydrogens is 528 g/mol. The molecule has 0 spiro atoms. The molecule has 1 N–H and O–H groups in total. The number of thioether (sulfide) groups is 1. The minimum atomic E-state index is -0.944. The minimum Gasteiger partial charge on any atom is -0.497 e. The standard InChI is InChI=1S/C31H30N2O6S/c1-19-18-40-30-26(32-25(34)17-20-7-5-4-6-8-20)29(35)33(30)27(19)31(36)39-28(21-9-13-23(37-2)14-10-21)22-11-15-24(38-3)16-12-22/h4-16,26-28,30H,1,17-18H2,2-3H3,(H,32,34)/t26-,27-,30+/m1/s1. The first kappa shape index (κ1) is 27.3. The lowest BCUT2D eigenvalue weighted by molar-refractivity contribution is -0.165. The summed E-state index contributed by atoms with van der Waals surface area (Å²) in [5, 5.41) is 2.47. The number of fused-ring (bicyclic) bond motifs is 1. The van der Waals surface area contributed by atoms with Crippen LogP contribution < -0.4 is 14.8 Å². The van der Waals surface area contributed by atoms with Gasteiger partial charge in [-0.25, -0.2) is 4.79 Å². The lowest BCUT2D eigenvalue weighted by Gasteiger charge is -2.52. The van der Waals surface area contributed by atoms with E-state index >= 15 is 0 Å². The zero-order valence-corrected chi connectivity index (χ0v) is 23.1. The summed E-state index contributed by atoms with van der Waals surface area (Å²) in [5.74, 6) is 0.676. The average molecular weight is 559 g/mol. The highest BCUT2D eigenvalue weighted by atomic mass is 32.2. The molecule has 0 saturated carbocycles. The first-order valence-electron chi connectivity index (χ1n) is 12.8. The van der Waals surface area contributed by atoms with Crippen LogP contribution in [0.1, 0.15) is 22.8 Å². The Hall–Kier alpha value is -4.24. The summed E-state index contributed by atoms with van der Waals surface area (Å²) in [7, 11) is 3.17. The van der Waals surface area contributed by atoms with Crippen molar-refractivity contribution in [1.82, 2.24) is 10.2 Å². The van der Waals surface area contributed by atoms with E-state index in [1.54, 1.807) is 38.5 Å². The Morgan fingerprint density at radius 3 is 2.08 bits per heavy atom. The van der Waals surface area contributed by atoms with E-state index in [1.165, 1.54) is 16.7 Å². The van der Waals surface area contributed by atoms with Crippen molar-refractivity contribution < 1.29 is 28.6 Å². The molecule has 0 bridgehead atoms. The van der Waals surface area contributed by atoms with Crippen molar-refractivity contribution in [2.24, 2.45) is 0 Å². The van der Waals surface area contributed by atoms with Gasteiger partial charge in [0.1, 0.15) is 22.9 Å². The van der Waals surface area contributed by atoms with E-state index < -0.39 is 24.2 Å². The molecule has 3 aromatic carbocycles. The Morgan fingerprint density at radius 1 is 0.950 bits per heavy atom. The molecule has 2 heterocycles. The highest BCUT2D eigenvalue weighted by Gasteiger charge is 2.56. The van der Waals surface area contributed by atoms with E-state index in [2.05, 4.69) is 11.9 Å². The predicted octanol–water partition coefficient (Wildman–Crippen LogP) is 3.90. The van der Waals surface area contributed by atoms with Crippen LogP contribution in [0, 0.1) is 0 Å². The van der Waals surface area contributed by atoms with Gasteiger partial charge < -0.3 is 24.4 Å². The normalized spacial score (nSPS) is 19.9. The van der Waals surface area contributed by atoms with Gasteiger partial charge in [-0.1, -0.05) is 61.2 Å². The van der Waals surface area contributed by atoms with Gasteiger partial charge in [-0.2, -0.15) is 0 Å². The van der Waals surface area contributed by atoms with Crippen molar-refractivity contribution in [3.63, 3.8) is 0 Å². The monoisotopic (exact) mass is 558 g/mol. The zero-order chi connectivity index (χ0) is 28.2. The number of β-lactam (4-membered cyclic amide) rings is 1. The van der Waals surface area contributed by atoms with Gasteiger partial charge in [-0.3, -0.25) is 9.59 Å². The molecular formula is C31H30N2O6S. The number of hydrogen-bond acceptors (Lipinski definition) is 7. The fourth-order valence-corrected chi connectivity index (χ4v) is 6.20. The maximum absolute atomic E-state index is 13.7. The van der Waals surface area contributed by atoms with Crippen molar-refractivity contribution in [3.05, 3.63) is 108 Å². The number of ether oxygens (including phenoxy) is 3. The van der Waals surface area contributed by atoms with E-state index in [1.807, 2.05) is 54.6 Å². The Labute approximate surface area is 237 Å². The molecule has 3 aromatic rings. The highest BCUT2D eigenvalue weighted by molar-refractivity contribution is 8.00. The Balaban J connectivity index is 1.33. The predicted molar refractivity (Wildman–Crippen MR) is 152 cm³/mol. The van der Waals surface area contributed by atoms with Gasteiger partial charge in [-0.15, -0.1) is 11.8 Å². The first-order valence-corrected chi connectivity index (χ1v) is 13.9. The SMILES string of the molecule is C=C1CS[C@H]2[C@H](NC(=O)Cc3ccccc3)C(=O)N2[C@H]1C(=O)OC(c1ccc(OC)cc1)c1ccc(OC)cc1. The lowest BCUT2D eigenvalue weighted by atomic mass is 9.97. The second-order valence-corrected chi connectivity index (χ2v) is 10.7. The van der Waals surface area contributed by atoms with Crippen LogP contribution in [0.3, 0.4) is 0 Å². The number of nitrogens with one attached hydrogen (secondary N) is 1. The molecule has 3 atom stereocenters. The van der Waals surface area contributed by atoms with Gasteiger partial charge in [0, 0.05) is 5.75 Å². The number of carbonyl (C=O) groups excluding carboxylic acids is 3. The fourth-order valence-electron chi connectivity index (χ4n) is 4.89.